The molecule has 0 bridgehead atoms. The number of hydrogen-bond acceptors (Lipinski definition) is 6. The normalized spacial score (nSPS) is 16.4. The Morgan fingerprint density at radius 3 is 2.27 bits per heavy atom. The summed E-state index contributed by atoms with van der Waals surface area (Å²) in [5.74, 6) is 0.560. The van der Waals surface area contributed by atoms with Gasteiger partial charge < -0.3 is 5.32 Å². The molecule has 6 nitrogen and oxygen atoms in total. The lowest BCUT2D eigenvalue weighted by molar-refractivity contribution is -0.120. The maximum Gasteiger partial charge on any atom is 0.244 e. The Labute approximate surface area is 247 Å². The van der Waals surface area contributed by atoms with E-state index in [1.807, 2.05) is 78.9 Å². The van der Waals surface area contributed by atoms with Crippen molar-refractivity contribution in [2.24, 2.45) is 0 Å². The molecule has 212 valence electrons. The average Bonchev–Trinajstić information content (AvgIpc) is 3.53. The number of nitrogens with one attached hydrogen (secondary N) is 1. The molecule has 5 rings (SSSR count). The van der Waals surface area contributed by atoms with Crippen molar-refractivity contribution in [1.29, 1.82) is 0 Å². The van der Waals surface area contributed by atoms with Gasteiger partial charge in [0.05, 0.1) is 4.90 Å². The van der Waals surface area contributed by atoms with E-state index in [-0.39, 0.29) is 16.6 Å². The summed E-state index contributed by atoms with van der Waals surface area (Å²) in [6.45, 7) is 1.89. The van der Waals surface area contributed by atoms with Crippen LogP contribution in [-0.4, -0.2) is 54.3 Å². The number of aromatic nitrogens is 1. The second-order valence-corrected chi connectivity index (χ2v) is 13.2. The SMILES string of the molecule is O=C(CC(CCNCCc1ccccn1)c1ccccc1)C1SCCN1S(=O)(=O)c1ccc(-c2ccccc2)cc1. The minimum atomic E-state index is -3.81. The molecule has 1 fully saturated rings. The van der Waals surface area contributed by atoms with E-state index in [4.69, 9.17) is 0 Å². The lowest BCUT2D eigenvalue weighted by Crippen LogP contribution is -2.40. The van der Waals surface area contributed by atoms with Crippen LogP contribution in [0, 0.1) is 0 Å². The molecule has 1 aliphatic heterocycles. The molecule has 41 heavy (non-hydrogen) atoms. The van der Waals surface area contributed by atoms with E-state index >= 15 is 0 Å². The molecule has 2 unspecified atom stereocenters. The first-order valence-corrected chi connectivity index (χ1v) is 16.5. The first-order chi connectivity index (χ1) is 20.0. The standard InChI is InChI=1S/C33H35N3O3S2/c37-32(25-29(27-11-5-2-6-12-27)18-21-34-22-19-30-13-7-8-20-35-30)33-36(23-24-40-33)41(38,39)31-16-14-28(15-17-31)26-9-3-1-4-10-26/h1-17,20,29,33-34H,18-19,21-25H2. The summed E-state index contributed by atoms with van der Waals surface area (Å²) in [4.78, 5) is 18.3. The van der Waals surface area contributed by atoms with Gasteiger partial charge in [-0.05, 0) is 59.8 Å². The van der Waals surface area contributed by atoms with Crippen LogP contribution in [0.5, 0.6) is 0 Å². The summed E-state index contributed by atoms with van der Waals surface area (Å²) in [7, 11) is -3.81. The van der Waals surface area contributed by atoms with Crippen LogP contribution in [0.1, 0.15) is 30.0 Å². The molecule has 8 heteroatoms. The van der Waals surface area contributed by atoms with Crippen molar-refractivity contribution in [3.8, 4) is 11.1 Å². The summed E-state index contributed by atoms with van der Waals surface area (Å²) >= 11 is 1.42. The van der Waals surface area contributed by atoms with E-state index in [0.717, 1.165) is 48.3 Å². The van der Waals surface area contributed by atoms with Gasteiger partial charge in [0.25, 0.3) is 0 Å². The predicted octanol–water partition coefficient (Wildman–Crippen LogP) is 5.78. The van der Waals surface area contributed by atoms with E-state index in [1.165, 1.54) is 16.1 Å². The second-order valence-electron chi connectivity index (χ2n) is 10.1. The van der Waals surface area contributed by atoms with Crippen molar-refractivity contribution in [3.63, 3.8) is 0 Å². The number of pyridine rings is 1. The third-order valence-electron chi connectivity index (χ3n) is 7.36. The van der Waals surface area contributed by atoms with Gasteiger partial charge in [-0.25, -0.2) is 8.42 Å². The van der Waals surface area contributed by atoms with Crippen LogP contribution in [0.3, 0.4) is 0 Å². The zero-order valence-electron chi connectivity index (χ0n) is 22.9. The van der Waals surface area contributed by atoms with Crippen molar-refractivity contribution in [2.45, 2.75) is 35.4 Å². The minimum Gasteiger partial charge on any atom is -0.316 e. The molecule has 1 aromatic heterocycles. The van der Waals surface area contributed by atoms with Crippen LogP contribution < -0.4 is 5.32 Å². The Morgan fingerprint density at radius 1 is 0.878 bits per heavy atom. The van der Waals surface area contributed by atoms with Gasteiger partial charge in [0.2, 0.25) is 10.0 Å². The number of nitrogens with zero attached hydrogens (tertiary/aromatic N) is 2. The highest BCUT2D eigenvalue weighted by molar-refractivity contribution is 8.02. The molecule has 0 radical (unpaired) electrons. The highest BCUT2D eigenvalue weighted by Crippen LogP contribution is 2.34. The summed E-state index contributed by atoms with van der Waals surface area (Å²) in [5.41, 5.74) is 4.12. The molecular formula is C33H35N3O3S2. The molecule has 1 saturated heterocycles. The summed E-state index contributed by atoms with van der Waals surface area (Å²) in [6, 6.07) is 32.8. The van der Waals surface area contributed by atoms with E-state index < -0.39 is 15.4 Å². The molecule has 1 N–H and O–H groups in total. The van der Waals surface area contributed by atoms with Crippen molar-refractivity contribution >= 4 is 27.6 Å². The Kier molecular flexibility index (Phi) is 10.0. The van der Waals surface area contributed by atoms with Crippen LogP contribution >= 0.6 is 11.8 Å². The van der Waals surface area contributed by atoms with Crippen LogP contribution in [-0.2, 0) is 21.2 Å². The molecular weight excluding hydrogens is 551 g/mol. The van der Waals surface area contributed by atoms with Gasteiger partial charge in [-0.1, -0.05) is 78.9 Å². The van der Waals surface area contributed by atoms with Gasteiger partial charge in [-0.2, -0.15) is 4.31 Å². The maximum absolute atomic E-state index is 13.7. The second kappa shape index (κ2) is 14.0. The topological polar surface area (TPSA) is 79.4 Å². The van der Waals surface area contributed by atoms with Gasteiger partial charge in [-0.3, -0.25) is 9.78 Å². The number of sulfonamides is 1. The molecule has 2 heterocycles. The summed E-state index contributed by atoms with van der Waals surface area (Å²) < 4.78 is 28.7. The fourth-order valence-electron chi connectivity index (χ4n) is 5.16. The number of rotatable bonds is 13. The van der Waals surface area contributed by atoms with Crippen LogP contribution in [0.2, 0.25) is 0 Å². The first kappa shape index (κ1) is 29.2. The molecule has 3 aromatic carbocycles. The average molecular weight is 586 g/mol. The zero-order valence-corrected chi connectivity index (χ0v) is 24.6. The van der Waals surface area contributed by atoms with Crippen molar-refractivity contribution in [2.75, 3.05) is 25.4 Å². The Bertz CT molecular complexity index is 1500. The Balaban J connectivity index is 1.24. The number of hydrogen-bond donors (Lipinski definition) is 1. The third-order valence-corrected chi connectivity index (χ3v) is 10.6. The zero-order chi connectivity index (χ0) is 28.5. The third kappa shape index (κ3) is 7.51. The molecule has 0 saturated carbocycles. The number of benzene rings is 3. The first-order valence-electron chi connectivity index (χ1n) is 14.0. The van der Waals surface area contributed by atoms with Gasteiger partial charge >= 0.3 is 0 Å². The highest BCUT2D eigenvalue weighted by atomic mass is 32.2. The smallest absolute Gasteiger partial charge is 0.244 e. The maximum atomic E-state index is 13.7. The van der Waals surface area contributed by atoms with Gasteiger partial charge in [0.1, 0.15) is 5.37 Å². The summed E-state index contributed by atoms with van der Waals surface area (Å²) in [6.07, 6.45) is 3.72. The number of thioether (sulfide) groups is 1. The number of ketones is 1. The molecule has 4 aromatic rings. The van der Waals surface area contributed by atoms with Crippen LogP contribution in [0.15, 0.2) is 114 Å². The van der Waals surface area contributed by atoms with Crippen molar-refractivity contribution < 1.29 is 13.2 Å². The molecule has 0 spiro atoms. The van der Waals surface area contributed by atoms with Gasteiger partial charge in [-0.15, -0.1) is 11.8 Å². The molecule has 0 amide bonds. The number of carbonyl (C=O) groups excluding carboxylic acids is 1. The van der Waals surface area contributed by atoms with Crippen molar-refractivity contribution in [3.05, 3.63) is 121 Å². The van der Waals surface area contributed by atoms with E-state index in [2.05, 4.69) is 22.4 Å². The lowest BCUT2D eigenvalue weighted by atomic mass is 9.90. The van der Waals surface area contributed by atoms with E-state index in [1.54, 1.807) is 18.3 Å². The summed E-state index contributed by atoms with van der Waals surface area (Å²) in [5, 5.41) is 2.77. The Hall–Kier alpha value is -3.30. The fourth-order valence-corrected chi connectivity index (χ4v) is 8.33. The lowest BCUT2D eigenvalue weighted by Gasteiger charge is -2.25. The Morgan fingerprint density at radius 2 is 1.56 bits per heavy atom. The van der Waals surface area contributed by atoms with Gasteiger partial charge in [0, 0.05) is 43.6 Å². The largest absolute Gasteiger partial charge is 0.316 e. The number of Topliss-reactive ketones (excluding diaryl/α,β-unsaturated/α-hetero) is 1. The molecule has 0 aliphatic carbocycles. The molecule has 2 atom stereocenters. The van der Waals surface area contributed by atoms with E-state index in [0.29, 0.717) is 18.7 Å². The monoisotopic (exact) mass is 585 g/mol. The van der Waals surface area contributed by atoms with Crippen LogP contribution in [0.4, 0.5) is 0 Å². The van der Waals surface area contributed by atoms with Crippen LogP contribution in [0.25, 0.3) is 11.1 Å². The quantitative estimate of drug-likeness (QED) is 0.201. The minimum absolute atomic E-state index is 0.00182. The number of carbonyl (C=O) groups is 1. The predicted molar refractivity (Wildman–Crippen MR) is 166 cm³/mol. The molecule has 1 aliphatic rings. The van der Waals surface area contributed by atoms with Crippen molar-refractivity contribution in [1.82, 2.24) is 14.6 Å². The van der Waals surface area contributed by atoms with E-state index in [9.17, 15) is 13.2 Å². The fraction of sp³-hybridized carbons (Fsp3) is 0.273. The highest BCUT2D eigenvalue weighted by Gasteiger charge is 2.40. The van der Waals surface area contributed by atoms with Gasteiger partial charge in [0.15, 0.2) is 5.78 Å².